The summed E-state index contributed by atoms with van der Waals surface area (Å²) < 4.78 is 2.10. The van der Waals surface area contributed by atoms with Crippen molar-refractivity contribution in [3.63, 3.8) is 0 Å². The van der Waals surface area contributed by atoms with Crippen LogP contribution in [-0.2, 0) is 13.0 Å². The molecule has 0 saturated heterocycles. The number of aromatic nitrogens is 4. The zero-order valence-electron chi connectivity index (χ0n) is 11.7. The number of nitrogens with two attached hydrogens (primary N) is 1. The minimum atomic E-state index is 0.447. The van der Waals surface area contributed by atoms with Crippen molar-refractivity contribution in [2.45, 2.75) is 31.7 Å². The number of fused-ring (bicyclic) bond motifs is 2. The zero-order chi connectivity index (χ0) is 14.2. The van der Waals surface area contributed by atoms with Crippen LogP contribution < -0.4 is 5.73 Å². The van der Waals surface area contributed by atoms with Gasteiger partial charge in [-0.15, -0.1) is 0 Å². The Hall–Kier alpha value is -2.43. The van der Waals surface area contributed by atoms with Crippen LogP contribution in [-0.4, -0.2) is 19.5 Å². The van der Waals surface area contributed by atoms with Gasteiger partial charge in [0.1, 0.15) is 11.8 Å². The number of hydrogen-bond acceptors (Lipinski definition) is 4. The third-order valence-electron chi connectivity index (χ3n) is 4.34. The van der Waals surface area contributed by atoms with E-state index in [2.05, 4.69) is 43.8 Å². The zero-order valence-corrected chi connectivity index (χ0v) is 11.7. The lowest BCUT2D eigenvalue weighted by molar-refractivity contribution is 0.488. The van der Waals surface area contributed by atoms with Crippen molar-refractivity contribution in [1.29, 1.82) is 0 Å². The van der Waals surface area contributed by atoms with E-state index >= 15 is 0 Å². The van der Waals surface area contributed by atoms with E-state index in [9.17, 15) is 0 Å². The summed E-state index contributed by atoms with van der Waals surface area (Å²) in [5, 5.41) is 0. The van der Waals surface area contributed by atoms with Crippen LogP contribution in [0.2, 0.25) is 0 Å². The third kappa shape index (κ3) is 2.05. The maximum absolute atomic E-state index is 5.85. The largest absolute Gasteiger partial charge is 0.382 e. The van der Waals surface area contributed by atoms with Crippen LogP contribution in [0.4, 0.5) is 5.82 Å². The van der Waals surface area contributed by atoms with Gasteiger partial charge in [-0.25, -0.2) is 15.0 Å². The summed E-state index contributed by atoms with van der Waals surface area (Å²) in [6, 6.07) is 8.75. The van der Waals surface area contributed by atoms with E-state index in [4.69, 9.17) is 5.73 Å². The van der Waals surface area contributed by atoms with Gasteiger partial charge in [-0.2, -0.15) is 0 Å². The Morgan fingerprint density at radius 2 is 2.10 bits per heavy atom. The Balaban J connectivity index is 1.71. The molecule has 3 aromatic rings. The molecule has 21 heavy (non-hydrogen) atoms. The second kappa shape index (κ2) is 4.84. The van der Waals surface area contributed by atoms with Crippen LogP contribution in [0.15, 0.2) is 36.9 Å². The highest BCUT2D eigenvalue weighted by molar-refractivity contribution is 5.81. The standard InChI is InChI=1S/C16H17N5/c17-15-14-16(19-9-18-15)21(10-20-14)8-12-6-3-5-11-4-1-2-7-13(11)12/h1-2,4,7,9-10,12H,3,5-6,8H2,(H2,17,18,19). The van der Waals surface area contributed by atoms with Crippen molar-refractivity contribution < 1.29 is 0 Å². The molecule has 0 fully saturated rings. The molecule has 106 valence electrons. The fraction of sp³-hybridized carbons (Fsp3) is 0.312. The summed E-state index contributed by atoms with van der Waals surface area (Å²) in [7, 11) is 0. The van der Waals surface area contributed by atoms with Crippen LogP contribution in [0.25, 0.3) is 11.2 Å². The third-order valence-corrected chi connectivity index (χ3v) is 4.34. The summed E-state index contributed by atoms with van der Waals surface area (Å²) >= 11 is 0. The molecule has 0 spiro atoms. The van der Waals surface area contributed by atoms with Gasteiger partial charge >= 0.3 is 0 Å². The van der Waals surface area contributed by atoms with Crippen molar-refractivity contribution >= 4 is 17.0 Å². The number of imidazole rings is 1. The van der Waals surface area contributed by atoms with E-state index in [-0.39, 0.29) is 0 Å². The molecule has 1 atom stereocenters. The normalized spacial score (nSPS) is 17.8. The van der Waals surface area contributed by atoms with E-state index in [1.807, 2.05) is 6.33 Å². The van der Waals surface area contributed by atoms with Crippen LogP contribution in [0.3, 0.4) is 0 Å². The van der Waals surface area contributed by atoms with Gasteiger partial charge in [-0.1, -0.05) is 24.3 Å². The molecule has 5 nitrogen and oxygen atoms in total. The highest BCUT2D eigenvalue weighted by Crippen LogP contribution is 2.33. The first kappa shape index (κ1) is 12.3. The Bertz CT molecular complexity index is 792. The molecular weight excluding hydrogens is 262 g/mol. The molecular formula is C16H17N5. The van der Waals surface area contributed by atoms with Crippen LogP contribution in [0.1, 0.15) is 29.9 Å². The summed E-state index contributed by atoms with van der Waals surface area (Å²) in [6.45, 7) is 0.893. The van der Waals surface area contributed by atoms with Crippen molar-refractivity contribution in [2.75, 3.05) is 5.73 Å². The summed E-state index contributed by atoms with van der Waals surface area (Å²) in [4.78, 5) is 12.7. The number of hydrogen-bond donors (Lipinski definition) is 1. The van der Waals surface area contributed by atoms with Gasteiger partial charge in [0.2, 0.25) is 0 Å². The van der Waals surface area contributed by atoms with Crippen LogP contribution in [0.5, 0.6) is 0 Å². The summed E-state index contributed by atoms with van der Waals surface area (Å²) in [6.07, 6.45) is 6.97. The van der Waals surface area contributed by atoms with E-state index in [1.165, 1.54) is 36.7 Å². The topological polar surface area (TPSA) is 69.6 Å². The maximum atomic E-state index is 5.85. The summed E-state index contributed by atoms with van der Waals surface area (Å²) in [5.74, 6) is 0.964. The Morgan fingerprint density at radius 3 is 3.05 bits per heavy atom. The first-order chi connectivity index (χ1) is 10.3. The molecule has 4 rings (SSSR count). The first-order valence-electron chi connectivity index (χ1n) is 7.32. The van der Waals surface area contributed by atoms with Gasteiger partial charge in [0.15, 0.2) is 11.5 Å². The van der Waals surface area contributed by atoms with Gasteiger partial charge in [-0.05, 0) is 30.4 Å². The van der Waals surface area contributed by atoms with Gasteiger partial charge in [0, 0.05) is 12.5 Å². The van der Waals surface area contributed by atoms with E-state index in [0.717, 1.165) is 12.2 Å². The number of rotatable bonds is 2. The van der Waals surface area contributed by atoms with E-state index < -0.39 is 0 Å². The monoisotopic (exact) mass is 279 g/mol. The minimum Gasteiger partial charge on any atom is -0.382 e. The molecule has 2 N–H and O–H groups in total. The van der Waals surface area contributed by atoms with Crippen molar-refractivity contribution in [1.82, 2.24) is 19.5 Å². The first-order valence-corrected chi connectivity index (χ1v) is 7.32. The van der Waals surface area contributed by atoms with Gasteiger partial charge in [0.25, 0.3) is 0 Å². The molecule has 0 bridgehead atoms. The van der Waals surface area contributed by atoms with E-state index in [0.29, 0.717) is 17.3 Å². The minimum absolute atomic E-state index is 0.447. The average Bonchev–Trinajstić information content (AvgIpc) is 2.92. The van der Waals surface area contributed by atoms with Gasteiger partial charge in [0.05, 0.1) is 6.33 Å². The molecule has 0 amide bonds. The molecule has 1 unspecified atom stereocenters. The number of nitrogens with zero attached hydrogens (tertiary/aromatic N) is 4. The highest BCUT2D eigenvalue weighted by Gasteiger charge is 2.21. The Kier molecular flexibility index (Phi) is 2.84. The molecule has 2 aromatic heterocycles. The lowest BCUT2D eigenvalue weighted by Gasteiger charge is -2.25. The summed E-state index contributed by atoms with van der Waals surface area (Å²) in [5.41, 5.74) is 10.3. The van der Waals surface area contributed by atoms with E-state index in [1.54, 1.807) is 0 Å². The molecule has 1 aliphatic rings. The lowest BCUT2D eigenvalue weighted by Crippen LogP contribution is -2.15. The Morgan fingerprint density at radius 1 is 1.19 bits per heavy atom. The predicted octanol–water partition coefficient (Wildman–Crippen LogP) is 2.53. The van der Waals surface area contributed by atoms with Crippen molar-refractivity contribution in [2.24, 2.45) is 0 Å². The molecule has 2 heterocycles. The number of aryl methyl sites for hydroxylation is 1. The Labute approximate surface area is 122 Å². The molecule has 1 aromatic carbocycles. The SMILES string of the molecule is Nc1ncnc2c1ncn2CC1CCCc2ccccc21. The number of anilines is 1. The van der Waals surface area contributed by atoms with Crippen molar-refractivity contribution in [3.05, 3.63) is 48.0 Å². The van der Waals surface area contributed by atoms with Crippen molar-refractivity contribution in [3.8, 4) is 0 Å². The van der Waals surface area contributed by atoms with Gasteiger partial charge in [-0.3, -0.25) is 0 Å². The fourth-order valence-electron chi connectivity index (χ4n) is 3.31. The quantitative estimate of drug-likeness (QED) is 0.782. The molecule has 0 radical (unpaired) electrons. The molecule has 5 heteroatoms. The second-order valence-corrected chi connectivity index (χ2v) is 5.62. The van der Waals surface area contributed by atoms with Crippen LogP contribution >= 0.6 is 0 Å². The molecule has 0 saturated carbocycles. The molecule has 1 aliphatic carbocycles. The van der Waals surface area contributed by atoms with Gasteiger partial charge < -0.3 is 10.3 Å². The number of benzene rings is 1. The highest BCUT2D eigenvalue weighted by atomic mass is 15.1. The molecule has 0 aliphatic heterocycles. The lowest BCUT2D eigenvalue weighted by atomic mass is 9.83. The number of nitrogen functional groups attached to an aromatic ring is 1. The predicted molar refractivity (Wildman–Crippen MR) is 81.9 cm³/mol. The average molecular weight is 279 g/mol. The fourth-order valence-corrected chi connectivity index (χ4v) is 3.31. The maximum Gasteiger partial charge on any atom is 0.165 e. The second-order valence-electron chi connectivity index (χ2n) is 5.62. The van der Waals surface area contributed by atoms with Crippen LogP contribution in [0, 0.1) is 0 Å². The smallest absolute Gasteiger partial charge is 0.165 e.